The number of aryl methyl sites for hydroxylation is 2. The minimum absolute atomic E-state index is 0.0374. The van der Waals surface area contributed by atoms with Crippen molar-refractivity contribution in [2.75, 3.05) is 53.6 Å². The number of rotatable bonds is 10. The summed E-state index contributed by atoms with van der Waals surface area (Å²) in [6, 6.07) is 8.88. The highest BCUT2D eigenvalue weighted by atomic mass is 19.1. The van der Waals surface area contributed by atoms with Crippen LogP contribution in [-0.4, -0.2) is 69.3 Å². The molecule has 1 aromatic heterocycles. The Balaban J connectivity index is 1.79. The van der Waals surface area contributed by atoms with Crippen molar-refractivity contribution in [2.24, 2.45) is 5.92 Å². The van der Waals surface area contributed by atoms with Gasteiger partial charge < -0.3 is 18.8 Å². The topological polar surface area (TPSA) is 55.2 Å². The summed E-state index contributed by atoms with van der Waals surface area (Å²) in [5.74, 6) is 1.85. The maximum Gasteiger partial charge on any atom is 0.248 e. The van der Waals surface area contributed by atoms with E-state index in [2.05, 4.69) is 11.0 Å². The fourth-order valence-electron chi connectivity index (χ4n) is 4.35. The van der Waals surface area contributed by atoms with Crippen LogP contribution in [0.1, 0.15) is 28.6 Å². The summed E-state index contributed by atoms with van der Waals surface area (Å²) in [5, 5.41) is 0. The van der Waals surface area contributed by atoms with Gasteiger partial charge in [0.25, 0.3) is 0 Å². The van der Waals surface area contributed by atoms with E-state index in [-0.39, 0.29) is 30.2 Å². The van der Waals surface area contributed by atoms with Gasteiger partial charge >= 0.3 is 0 Å². The monoisotopic (exact) mass is 432 g/mol. The molecule has 1 aliphatic heterocycles. The van der Waals surface area contributed by atoms with E-state index in [0.717, 1.165) is 35.7 Å². The minimum Gasteiger partial charge on any atom is -0.465 e. The van der Waals surface area contributed by atoms with E-state index >= 15 is 0 Å². The number of methoxy groups -OCH3 is 2. The quantitative estimate of drug-likeness (QED) is 0.576. The molecule has 0 bridgehead atoms. The third kappa shape index (κ3) is 6.15. The molecule has 1 aromatic carbocycles. The second-order valence-corrected chi connectivity index (χ2v) is 8.33. The van der Waals surface area contributed by atoms with Crippen molar-refractivity contribution in [3.63, 3.8) is 0 Å². The van der Waals surface area contributed by atoms with E-state index in [1.54, 1.807) is 24.1 Å². The molecule has 6 nitrogen and oxygen atoms in total. The van der Waals surface area contributed by atoms with Gasteiger partial charge in [0, 0.05) is 46.3 Å². The Hall–Kier alpha value is -2.22. The van der Waals surface area contributed by atoms with Crippen LogP contribution in [0, 0.1) is 25.6 Å². The molecule has 0 N–H and O–H groups in total. The number of nitrogens with zero attached hydrogens (tertiary/aromatic N) is 2. The van der Waals surface area contributed by atoms with Crippen molar-refractivity contribution in [1.29, 1.82) is 0 Å². The molecule has 2 atom stereocenters. The maximum absolute atomic E-state index is 14.0. The van der Waals surface area contributed by atoms with Gasteiger partial charge in [0.15, 0.2) is 0 Å². The van der Waals surface area contributed by atoms with Gasteiger partial charge in [-0.2, -0.15) is 0 Å². The zero-order valence-corrected chi connectivity index (χ0v) is 18.9. The Morgan fingerprint density at radius 2 is 2.03 bits per heavy atom. The van der Waals surface area contributed by atoms with Gasteiger partial charge in [-0.05, 0) is 49.1 Å². The largest absolute Gasteiger partial charge is 0.465 e. The van der Waals surface area contributed by atoms with Gasteiger partial charge in [-0.15, -0.1) is 0 Å². The molecule has 1 saturated heterocycles. The van der Waals surface area contributed by atoms with Crippen molar-refractivity contribution >= 4 is 5.91 Å². The number of likely N-dealkylation sites (tertiary alicyclic amines) is 1. The lowest BCUT2D eigenvalue weighted by Crippen LogP contribution is -2.41. The van der Waals surface area contributed by atoms with Crippen LogP contribution in [0.3, 0.4) is 0 Å². The highest BCUT2D eigenvalue weighted by Gasteiger charge is 2.36. The van der Waals surface area contributed by atoms with Crippen LogP contribution in [0.25, 0.3) is 0 Å². The van der Waals surface area contributed by atoms with Crippen LogP contribution in [0.2, 0.25) is 0 Å². The van der Waals surface area contributed by atoms with Gasteiger partial charge in [-0.25, -0.2) is 4.39 Å². The molecule has 7 heteroatoms. The first-order valence-corrected chi connectivity index (χ1v) is 10.7. The summed E-state index contributed by atoms with van der Waals surface area (Å²) < 4.78 is 30.1. The minimum atomic E-state index is -0.237. The molecule has 1 aliphatic rings. The second kappa shape index (κ2) is 10.9. The summed E-state index contributed by atoms with van der Waals surface area (Å²) in [5.41, 5.74) is 2.11. The predicted octanol–water partition coefficient (Wildman–Crippen LogP) is 3.37. The van der Waals surface area contributed by atoms with Crippen molar-refractivity contribution in [1.82, 2.24) is 9.80 Å². The molecule has 2 aromatic rings. The first kappa shape index (κ1) is 23.4. The Kier molecular flexibility index (Phi) is 8.23. The second-order valence-electron chi connectivity index (χ2n) is 8.33. The molecule has 0 spiro atoms. The zero-order valence-electron chi connectivity index (χ0n) is 18.9. The fourth-order valence-corrected chi connectivity index (χ4v) is 4.35. The number of carbonyl (C=O) groups excluding carboxylic acids is 1. The molecule has 3 rings (SSSR count). The molecule has 1 amide bonds. The van der Waals surface area contributed by atoms with Crippen molar-refractivity contribution in [2.45, 2.75) is 26.3 Å². The highest BCUT2D eigenvalue weighted by molar-refractivity contribution is 5.77. The van der Waals surface area contributed by atoms with Gasteiger partial charge in [0.1, 0.15) is 23.9 Å². The molecular weight excluding hydrogens is 399 g/mol. The van der Waals surface area contributed by atoms with Crippen LogP contribution in [-0.2, 0) is 20.8 Å². The summed E-state index contributed by atoms with van der Waals surface area (Å²) >= 11 is 0. The van der Waals surface area contributed by atoms with E-state index in [9.17, 15) is 9.18 Å². The number of amides is 1. The molecule has 0 saturated carbocycles. The number of benzene rings is 1. The Labute approximate surface area is 183 Å². The van der Waals surface area contributed by atoms with E-state index in [1.165, 1.54) is 13.2 Å². The molecule has 0 radical (unpaired) electrons. The van der Waals surface area contributed by atoms with E-state index in [4.69, 9.17) is 13.9 Å². The van der Waals surface area contributed by atoms with Gasteiger partial charge in [0.2, 0.25) is 5.91 Å². The van der Waals surface area contributed by atoms with Crippen LogP contribution in [0.5, 0.6) is 0 Å². The van der Waals surface area contributed by atoms with E-state index in [1.807, 2.05) is 19.9 Å². The van der Waals surface area contributed by atoms with E-state index < -0.39 is 0 Å². The maximum atomic E-state index is 14.0. The van der Waals surface area contributed by atoms with Crippen LogP contribution in [0.15, 0.2) is 34.7 Å². The Bertz CT molecular complexity index is 850. The predicted molar refractivity (Wildman–Crippen MR) is 116 cm³/mol. The third-order valence-electron chi connectivity index (χ3n) is 6.03. The van der Waals surface area contributed by atoms with Crippen molar-refractivity contribution < 1.29 is 23.1 Å². The molecule has 2 heterocycles. The number of furan rings is 1. The van der Waals surface area contributed by atoms with Crippen molar-refractivity contribution in [3.05, 3.63) is 58.8 Å². The standard InChI is InChI=1S/C24H33FN2O4/c1-17-10-22(31-18(17)2)14-26-12-20(13-27(8-9-29-3)24(28)16-30-4)23(15-26)19-6-5-7-21(25)11-19/h5-7,10-11,20,23H,8-9,12-16H2,1-4H3/t20-,23-/m0/s1. The Morgan fingerprint density at radius 1 is 1.23 bits per heavy atom. The summed E-state index contributed by atoms with van der Waals surface area (Å²) in [4.78, 5) is 16.7. The van der Waals surface area contributed by atoms with Crippen LogP contribution >= 0.6 is 0 Å². The van der Waals surface area contributed by atoms with Crippen LogP contribution in [0.4, 0.5) is 4.39 Å². The highest BCUT2D eigenvalue weighted by Crippen LogP contribution is 2.35. The molecule has 31 heavy (non-hydrogen) atoms. The first-order valence-electron chi connectivity index (χ1n) is 10.7. The van der Waals surface area contributed by atoms with Gasteiger partial charge in [0.05, 0.1) is 13.2 Å². The zero-order chi connectivity index (χ0) is 22.4. The SMILES string of the molecule is COCCN(C[C@@H]1CN(Cc2cc(C)c(C)o2)C[C@H]1c1cccc(F)c1)C(=O)COC. The number of ether oxygens (including phenoxy) is 2. The van der Waals surface area contributed by atoms with Gasteiger partial charge in [-0.1, -0.05) is 12.1 Å². The molecule has 1 fully saturated rings. The Morgan fingerprint density at radius 3 is 2.68 bits per heavy atom. The first-order chi connectivity index (χ1) is 14.9. The normalized spacial score (nSPS) is 19.1. The van der Waals surface area contributed by atoms with Crippen molar-refractivity contribution in [3.8, 4) is 0 Å². The molecular formula is C24H33FN2O4. The number of halogens is 1. The molecule has 0 unspecified atom stereocenters. The third-order valence-corrected chi connectivity index (χ3v) is 6.03. The fraction of sp³-hybridized carbons (Fsp3) is 0.542. The van der Waals surface area contributed by atoms with Crippen LogP contribution < -0.4 is 0 Å². The average Bonchev–Trinajstić information content (AvgIpc) is 3.27. The summed E-state index contributed by atoms with van der Waals surface area (Å²) in [6.07, 6.45) is 0. The van der Waals surface area contributed by atoms with E-state index in [0.29, 0.717) is 26.2 Å². The average molecular weight is 433 g/mol. The number of hydrogen-bond donors (Lipinski definition) is 0. The van der Waals surface area contributed by atoms with Gasteiger partial charge in [-0.3, -0.25) is 9.69 Å². The number of carbonyl (C=O) groups is 1. The molecule has 0 aliphatic carbocycles. The lowest BCUT2D eigenvalue weighted by molar-refractivity contribution is -0.136. The molecule has 170 valence electrons. The number of hydrogen-bond acceptors (Lipinski definition) is 5. The lowest BCUT2D eigenvalue weighted by atomic mass is 9.88. The summed E-state index contributed by atoms with van der Waals surface area (Å²) in [7, 11) is 3.14. The smallest absolute Gasteiger partial charge is 0.248 e. The lowest BCUT2D eigenvalue weighted by Gasteiger charge is -2.28. The summed E-state index contributed by atoms with van der Waals surface area (Å²) in [6.45, 7) is 7.85.